The van der Waals surface area contributed by atoms with Crippen LogP contribution in [0.15, 0.2) is 40.2 Å². The fraction of sp³-hybridized carbons (Fsp3) is 0. The summed E-state index contributed by atoms with van der Waals surface area (Å²) in [5.74, 6) is -2.34. The third kappa shape index (κ3) is 3.11. The van der Waals surface area contributed by atoms with Crippen molar-refractivity contribution in [1.82, 2.24) is 0 Å². The molecule has 0 saturated carbocycles. The minimum absolute atomic E-state index is 0.126. The molecule has 0 saturated heterocycles. The van der Waals surface area contributed by atoms with Crippen molar-refractivity contribution in [2.45, 2.75) is 0 Å². The van der Waals surface area contributed by atoms with Gasteiger partial charge in [0, 0.05) is 10.4 Å². The zero-order valence-corrected chi connectivity index (χ0v) is 11.4. The van der Waals surface area contributed by atoms with Gasteiger partial charge in [-0.2, -0.15) is 0 Å². The molecule has 0 spiro atoms. The van der Waals surface area contributed by atoms with Gasteiger partial charge in [0.25, 0.3) is 0 Å². The summed E-state index contributed by atoms with van der Waals surface area (Å²) in [7, 11) is 0. The molecule has 0 aliphatic rings. The summed E-state index contributed by atoms with van der Waals surface area (Å²) in [6, 6.07) is 6.82. The average Bonchev–Trinajstić information content (AvgIpc) is 2.75. The van der Waals surface area contributed by atoms with Crippen LogP contribution in [0.3, 0.4) is 0 Å². The second-order valence-electron chi connectivity index (χ2n) is 3.47. The number of allylic oxidation sites excluding steroid dienone is 1. The van der Waals surface area contributed by atoms with Crippen molar-refractivity contribution >= 4 is 39.1 Å². The highest BCUT2D eigenvalue weighted by Crippen LogP contribution is 2.23. The number of carbonyl (C=O) groups excluding carboxylic acids is 1. The summed E-state index contributed by atoms with van der Waals surface area (Å²) in [6.45, 7) is 0. The van der Waals surface area contributed by atoms with Crippen molar-refractivity contribution in [3.05, 3.63) is 62.3 Å². The molecular formula is C13H7BrF2OS. The number of halogens is 3. The fourth-order valence-corrected chi connectivity index (χ4v) is 2.65. The van der Waals surface area contributed by atoms with E-state index < -0.39 is 11.6 Å². The van der Waals surface area contributed by atoms with E-state index in [-0.39, 0.29) is 11.3 Å². The van der Waals surface area contributed by atoms with E-state index in [4.69, 9.17) is 0 Å². The van der Waals surface area contributed by atoms with Gasteiger partial charge < -0.3 is 0 Å². The van der Waals surface area contributed by atoms with Crippen LogP contribution in [0.4, 0.5) is 8.78 Å². The van der Waals surface area contributed by atoms with E-state index in [1.165, 1.54) is 23.5 Å². The Balaban J connectivity index is 2.16. The van der Waals surface area contributed by atoms with Crippen LogP contribution in [0.5, 0.6) is 0 Å². The second-order valence-corrected chi connectivity index (χ2v) is 5.96. The van der Waals surface area contributed by atoms with E-state index in [1.807, 2.05) is 12.1 Å². The quantitative estimate of drug-likeness (QED) is 0.590. The first kappa shape index (κ1) is 13.1. The molecule has 2 aromatic rings. The summed E-state index contributed by atoms with van der Waals surface area (Å²) in [5, 5.41) is 0. The van der Waals surface area contributed by atoms with Crippen molar-refractivity contribution in [2.75, 3.05) is 0 Å². The Bertz CT molecular complexity index is 619. The topological polar surface area (TPSA) is 17.1 Å². The van der Waals surface area contributed by atoms with E-state index in [9.17, 15) is 13.6 Å². The van der Waals surface area contributed by atoms with E-state index >= 15 is 0 Å². The van der Waals surface area contributed by atoms with Crippen molar-refractivity contribution in [3.8, 4) is 0 Å². The lowest BCUT2D eigenvalue weighted by molar-refractivity contribution is 0.104. The summed E-state index contributed by atoms with van der Waals surface area (Å²) >= 11 is 4.78. The van der Waals surface area contributed by atoms with Crippen molar-refractivity contribution in [2.24, 2.45) is 0 Å². The molecule has 0 amide bonds. The Labute approximate surface area is 115 Å². The summed E-state index contributed by atoms with van der Waals surface area (Å²) in [6.07, 6.45) is 2.98. The Morgan fingerprint density at radius 1 is 1.17 bits per heavy atom. The zero-order valence-electron chi connectivity index (χ0n) is 8.99. The average molecular weight is 329 g/mol. The molecule has 5 heteroatoms. The maximum absolute atomic E-state index is 13.0. The third-order valence-corrected chi connectivity index (χ3v) is 3.79. The van der Waals surface area contributed by atoms with Gasteiger partial charge in [-0.1, -0.05) is 0 Å². The van der Waals surface area contributed by atoms with Gasteiger partial charge >= 0.3 is 0 Å². The number of hydrogen-bond acceptors (Lipinski definition) is 2. The van der Waals surface area contributed by atoms with Gasteiger partial charge in [0.05, 0.1) is 3.79 Å². The Morgan fingerprint density at radius 3 is 2.56 bits per heavy atom. The normalized spacial score (nSPS) is 11.1. The minimum Gasteiger partial charge on any atom is -0.289 e. The molecule has 0 aliphatic carbocycles. The highest BCUT2D eigenvalue weighted by atomic mass is 79.9. The van der Waals surface area contributed by atoms with Crippen molar-refractivity contribution in [3.63, 3.8) is 0 Å². The first-order valence-corrected chi connectivity index (χ1v) is 6.60. The Kier molecular flexibility index (Phi) is 4.04. The molecular weight excluding hydrogens is 322 g/mol. The van der Waals surface area contributed by atoms with Crippen LogP contribution in [-0.4, -0.2) is 5.78 Å². The van der Waals surface area contributed by atoms with Crippen LogP contribution in [0, 0.1) is 11.6 Å². The molecule has 0 aliphatic heterocycles. The summed E-state index contributed by atoms with van der Waals surface area (Å²) < 4.78 is 26.6. The predicted octanol–water partition coefficient (Wildman–Crippen LogP) is 4.68. The van der Waals surface area contributed by atoms with Crippen LogP contribution < -0.4 is 0 Å². The molecule has 18 heavy (non-hydrogen) atoms. The molecule has 92 valence electrons. The van der Waals surface area contributed by atoms with Crippen molar-refractivity contribution in [1.29, 1.82) is 0 Å². The monoisotopic (exact) mass is 328 g/mol. The first-order valence-electron chi connectivity index (χ1n) is 4.99. The molecule has 1 heterocycles. The van der Waals surface area contributed by atoms with E-state index in [0.717, 1.165) is 20.8 Å². The molecule has 1 aromatic heterocycles. The van der Waals surface area contributed by atoms with Crippen LogP contribution in [0.1, 0.15) is 15.2 Å². The minimum atomic E-state index is -1.02. The number of ketones is 1. The summed E-state index contributed by atoms with van der Waals surface area (Å²) in [4.78, 5) is 12.6. The molecule has 0 fully saturated rings. The van der Waals surface area contributed by atoms with Crippen LogP contribution in [-0.2, 0) is 0 Å². The lowest BCUT2D eigenvalue weighted by atomic mass is 10.1. The summed E-state index contributed by atoms with van der Waals surface area (Å²) in [5.41, 5.74) is 0.126. The van der Waals surface area contributed by atoms with E-state index in [1.54, 1.807) is 6.08 Å². The van der Waals surface area contributed by atoms with Crippen molar-refractivity contribution < 1.29 is 13.6 Å². The molecule has 0 bridgehead atoms. The van der Waals surface area contributed by atoms with Gasteiger partial charge in [-0.05, 0) is 58.4 Å². The molecule has 0 unspecified atom stereocenters. The van der Waals surface area contributed by atoms with Gasteiger partial charge in [-0.3, -0.25) is 4.79 Å². The van der Waals surface area contributed by atoms with Crippen LogP contribution >= 0.6 is 27.3 Å². The van der Waals surface area contributed by atoms with Gasteiger partial charge in [-0.15, -0.1) is 11.3 Å². The smallest absolute Gasteiger partial charge is 0.185 e. The SMILES string of the molecule is O=C(/C=C/c1ccc(Br)s1)c1ccc(F)c(F)c1. The molecule has 1 nitrogen and oxygen atoms in total. The highest BCUT2D eigenvalue weighted by Gasteiger charge is 2.07. The Morgan fingerprint density at radius 2 is 1.94 bits per heavy atom. The number of carbonyl (C=O) groups is 1. The molecule has 0 radical (unpaired) electrons. The van der Waals surface area contributed by atoms with Gasteiger partial charge in [-0.25, -0.2) is 8.78 Å². The van der Waals surface area contributed by atoms with Gasteiger partial charge in [0.2, 0.25) is 0 Å². The first-order chi connectivity index (χ1) is 8.56. The van der Waals surface area contributed by atoms with Gasteiger partial charge in [0.1, 0.15) is 0 Å². The van der Waals surface area contributed by atoms with Gasteiger partial charge in [0.15, 0.2) is 17.4 Å². The Hall–Kier alpha value is -1.33. The van der Waals surface area contributed by atoms with E-state index in [0.29, 0.717) is 0 Å². The second kappa shape index (κ2) is 5.54. The third-order valence-electron chi connectivity index (χ3n) is 2.20. The fourth-order valence-electron chi connectivity index (χ4n) is 1.32. The maximum atomic E-state index is 13.0. The molecule has 0 N–H and O–H groups in total. The number of hydrogen-bond donors (Lipinski definition) is 0. The zero-order chi connectivity index (χ0) is 13.1. The number of rotatable bonds is 3. The molecule has 1 aromatic carbocycles. The maximum Gasteiger partial charge on any atom is 0.185 e. The number of benzene rings is 1. The van der Waals surface area contributed by atoms with Crippen LogP contribution in [0.25, 0.3) is 6.08 Å². The predicted molar refractivity (Wildman–Crippen MR) is 71.7 cm³/mol. The standard InChI is InChI=1S/C13H7BrF2OS/c14-13-6-3-9(18-13)2-5-12(17)8-1-4-10(15)11(16)7-8/h1-7H/b5-2+. The number of thiophene rings is 1. The highest BCUT2D eigenvalue weighted by molar-refractivity contribution is 9.11. The lowest BCUT2D eigenvalue weighted by Crippen LogP contribution is -1.96. The largest absolute Gasteiger partial charge is 0.289 e. The lowest BCUT2D eigenvalue weighted by Gasteiger charge is -1.96. The molecule has 2 rings (SSSR count). The van der Waals surface area contributed by atoms with Crippen LogP contribution in [0.2, 0.25) is 0 Å². The van der Waals surface area contributed by atoms with E-state index in [2.05, 4.69) is 15.9 Å². The molecule has 0 atom stereocenters.